The van der Waals surface area contributed by atoms with Crippen LogP contribution in [0.5, 0.6) is 5.75 Å². The molecular formula is C21H22O. The van der Waals surface area contributed by atoms with Crippen molar-refractivity contribution in [1.29, 1.82) is 0 Å². The molecule has 0 aliphatic heterocycles. The molecule has 0 radical (unpaired) electrons. The van der Waals surface area contributed by atoms with Crippen LogP contribution in [0.1, 0.15) is 43.2 Å². The SMILES string of the molecule is COc1ccc(C(=C=C2CCCCC2)c2ccccc2)cc1. The fourth-order valence-electron chi connectivity index (χ4n) is 2.95. The molecule has 0 unspecified atom stereocenters. The van der Waals surface area contributed by atoms with E-state index < -0.39 is 0 Å². The smallest absolute Gasteiger partial charge is 0.118 e. The monoisotopic (exact) mass is 290 g/mol. The first-order valence-corrected chi connectivity index (χ1v) is 8.05. The van der Waals surface area contributed by atoms with E-state index in [0.29, 0.717) is 0 Å². The fraction of sp³-hybridized carbons (Fsp3) is 0.286. The Hall–Kier alpha value is -2.24. The van der Waals surface area contributed by atoms with Crippen molar-refractivity contribution in [2.24, 2.45) is 0 Å². The van der Waals surface area contributed by atoms with E-state index >= 15 is 0 Å². The van der Waals surface area contributed by atoms with Crippen LogP contribution in [0.4, 0.5) is 0 Å². The van der Waals surface area contributed by atoms with Crippen molar-refractivity contribution in [3.8, 4) is 5.75 Å². The first kappa shape index (κ1) is 14.7. The minimum atomic E-state index is 0.890. The van der Waals surface area contributed by atoms with Gasteiger partial charge in [0.2, 0.25) is 0 Å². The van der Waals surface area contributed by atoms with Gasteiger partial charge in [-0.05, 0) is 54.5 Å². The van der Waals surface area contributed by atoms with E-state index in [9.17, 15) is 0 Å². The maximum absolute atomic E-state index is 5.27. The molecule has 1 aliphatic rings. The summed E-state index contributed by atoms with van der Waals surface area (Å²) in [5, 5.41) is 0. The summed E-state index contributed by atoms with van der Waals surface area (Å²) >= 11 is 0. The third-order valence-corrected chi connectivity index (χ3v) is 4.20. The van der Waals surface area contributed by atoms with Gasteiger partial charge in [-0.1, -0.05) is 48.9 Å². The molecule has 2 aromatic rings. The van der Waals surface area contributed by atoms with Crippen LogP contribution in [0.2, 0.25) is 0 Å². The molecule has 2 aromatic carbocycles. The van der Waals surface area contributed by atoms with Crippen molar-refractivity contribution in [3.05, 3.63) is 77.0 Å². The van der Waals surface area contributed by atoms with Gasteiger partial charge in [-0.3, -0.25) is 0 Å². The summed E-state index contributed by atoms with van der Waals surface area (Å²) < 4.78 is 5.27. The van der Waals surface area contributed by atoms with Gasteiger partial charge < -0.3 is 4.74 Å². The van der Waals surface area contributed by atoms with E-state index in [1.54, 1.807) is 7.11 Å². The second kappa shape index (κ2) is 7.15. The second-order valence-corrected chi connectivity index (χ2v) is 5.76. The Morgan fingerprint density at radius 2 is 1.45 bits per heavy atom. The summed E-state index contributed by atoms with van der Waals surface area (Å²) in [5.74, 6) is 0.890. The highest BCUT2D eigenvalue weighted by molar-refractivity contribution is 5.79. The first-order valence-electron chi connectivity index (χ1n) is 8.05. The van der Waals surface area contributed by atoms with E-state index in [4.69, 9.17) is 4.74 Å². The predicted octanol–water partition coefficient (Wildman–Crippen LogP) is 5.62. The highest BCUT2D eigenvalue weighted by Gasteiger charge is 2.08. The molecule has 0 saturated heterocycles. The van der Waals surface area contributed by atoms with E-state index in [1.807, 2.05) is 12.1 Å². The molecule has 1 heteroatoms. The Balaban J connectivity index is 2.08. The van der Waals surface area contributed by atoms with Crippen molar-refractivity contribution in [2.75, 3.05) is 7.11 Å². The lowest BCUT2D eigenvalue weighted by Crippen LogP contribution is -1.94. The molecule has 0 N–H and O–H groups in total. The molecule has 0 spiro atoms. The van der Waals surface area contributed by atoms with Crippen LogP contribution in [0, 0.1) is 0 Å². The molecule has 0 amide bonds. The maximum Gasteiger partial charge on any atom is 0.118 e. The van der Waals surface area contributed by atoms with Gasteiger partial charge in [-0.2, -0.15) is 0 Å². The van der Waals surface area contributed by atoms with Crippen molar-refractivity contribution in [2.45, 2.75) is 32.1 Å². The van der Waals surface area contributed by atoms with Gasteiger partial charge in [-0.25, -0.2) is 0 Å². The van der Waals surface area contributed by atoms with Gasteiger partial charge in [0, 0.05) is 5.57 Å². The van der Waals surface area contributed by atoms with Crippen molar-refractivity contribution in [3.63, 3.8) is 0 Å². The number of hydrogen-bond acceptors (Lipinski definition) is 1. The van der Waals surface area contributed by atoms with Crippen molar-refractivity contribution in [1.82, 2.24) is 0 Å². The number of benzene rings is 2. The van der Waals surface area contributed by atoms with Crippen LogP contribution in [-0.4, -0.2) is 7.11 Å². The molecule has 22 heavy (non-hydrogen) atoms. The zero-order chi connectivity index (χ0) is 15.2. The molecule has 1 aliphatic carbocycles. The average molecular weight is 290 g/mol. The summed E-state index contributed by atoms with van der Waals surface area (Å²) in [4.78, 5) is 0. The first-order chi connectivity index (χ1) is 10.9. The molecule has 0 bridgehead atoms. The van der Waals surface area contributed by atoms with Gasteiger partial charge in [0.05, 0.1) is 7.11 Å². The van der Waals surface area contributed by atoms with Gasteiger partial charge in [0.1, 0.15) is 5.75 Å². The zero-order valence-corrected chi connectivity index (χ0v) is 13.1. The lowest BCUT2D eigenvalue weighted by atomic mass is 9.92. The molecule has 1 saturated carbocycles. The molecule has 112 valence electrons. The normalized spacial score (nSPS) is 14.3. The van der Waals surface area contributed by atoms with Crippen molar-refractivity contribution < 1.29 is 4.74 Å². The van der Waals surface area contributed by atoms with E-state index in [0.717, 1.165) is 5.75 Å². The fourth-order valence-corrected chi connectivity index (χ4v) is 2.95. The summed E-state index contributed by atoms with van der Waals surface area (Å²) in [5.41, 5.74) is 8.80. The number of rotatable bonds is 3. The molecular weight excluding hydrogens is 268 g/mol. The average Bonchev–Trinajstić information content (AvgIpc) is 2.61. The van der Waals surface area contributed by atoms with Crippen LogP contribution >= 0.6 is 0 Å². The highest BCUT2D eigenvalue weighted by Crippen LogP contribution is 2.28. The Bertz CT molecular complexity index is 666. The number of hydrogen-bond donors (Lipinski definition) is 0. The summed E-state index contributed by atoms with van der Waals surface area (Å²) in [7, 11) is 1.70. The number of methoxy groups -OCH3 is 1. The zero-order valence-electron chi connectivity index (χ0n) is 13.1. The van der Waals surface area contributed by atoms with Crippen LogP contribution < -0.4 is 4.74 Å². The molecule has 0 atom stereocenters. The molecule has 0 aromatic heterocycles. The van der Waals surface area contributed by atoms with Crippen LogP contribution in [0.25, 0.3) is 5.57 Å². The topological polar surface area (TPSA) is 9.23 Å². The number of ether oxygens (including phenoxy) is 1. The highest BCUT2D eigenvalue weighted by atomic mass is 16.5. The predicted molar refractivity (Wildman–Crippen MR) is 92.1 cm³/mol. The van der Waals surface area contributed by atoms with Gasteiger partial charge in [0.25, 0.3) is 0 Å². The van der Waals surface area contributed by atoms with E-state index in [-0.39, 0.29) is 0 Å². The quantitative estimate of drug-likeness (QED) is 0.667. The van der Waals surface area contributed by atoms with E-state index in [2.05, 4.69) is 48.2 Å². The summed E-state index contributed by atoms with van der Waals surface area (Å²) in [6, 6.07) is 18.8. The Morgan fingerprint density at radius 3 is 2.09 bits per heavy atom. The second-order valence-electron chi connectivity index (χ2n) is 5.76. The molecule has 0 heterocycles. The van der Waals surface area contributed by atoms with Crippen LogP contribution in [0.3, 0.4) is 0 Å². The maximum atomic E-state index is 5.27. The van der Waals surface area contributed by atoms with Crippen LogP contribution in [0.15, 0.2) is 65.9 Å². The largest absolute Gasteiger partial charge is 0.497 e. The summed E-state index contributed by atoms with van der Waals surface area (Å²) in [6.07, 6.45) is 6.33. The van der Waals surface area contributed by atoms with Gasteiger partial charge in [0.15, 0.2) is 0 Å². The van der Waals surface area contributed by atoms with Gasteiger partial charge >= 0.3 is 0 Å². The third-order valence-electron chi connectivity index (χ3n) is 4.20. The molecule has 1 nitrogen and oxygen atoms in total. The Morgan fingerprint density at radius 1 is 0.818 bits per heavy atom. The lowest BCUT2D eigenvalue weighted by Gasteiger charge is -2.13. The number of allylic oxidation sites excluding steroid dienone is 1. The molecule has 3 rings (SSSR count). The van der Waals surface area contributed by atoms with Crippen molar-refractivity contribution >= 4 is 5.57 Å². The summed E-state index contributed by atoms with van der Waals surface area (Å²) in [6.45, 7) is 0. The van der Waals surface area contributed by atoms with E-state index in [1.165, 1.54) is 54.4 Å². The minimum absolute atomic E-state index is 0.890. The van der Waals surface area contributed by atoms with Gasteiger partial charge in [-0.15, -0.1) is 5.73 Å². The molecule has 1 fully saturated rings. The minimum Gasteiger partial charge on any atom is -0.497 e. The standard InChI is InChI=1S/C21H22O/c1-22-20-14-12-19(13-15-20)21(18-10-6-3-7-11-18)16-17-8-4-2-5-9-17/h3,6-7,10-15H,2,4-5,8-9H2,1H3. The van der Waals surface area contributed by atoms with Crippen LogP contribution in [-0.2, 0) is 0 Å². The Kier molecular flexibility index (Phi) is 4.78. The Labute approximate surface area is 133 Å². The third kappa shape index (κ3) is 3.50. The lowest BCUT2D eigenvalue weighted by molar-refractivity contribution is 0.415.